The van der Waals surface area contributed by atoms with E-state index in [4.69, 9.17) is 0 Å². The van der Waals surface area contributed by atoms with E-state index in [1.807, 2.05) is 0 Å². The molecule has 0 bridgehead atoms. The van der Waals surface area contributed by atoms with Crippen molar-refractivity contribution in [2.24, 2.45) is 5.92 Å². The number of aromatic nitrogens is 2. The molecule has 7 heteroatoms. The van der Waals surface area contributed by atoms with Crippen molar-refractivity contribution >= 4 is 11.6 Å². The van der Waals surface area contributed by atoms with E-state index in [0.29, 0.717) is 22.6 Å². The maximum Gasteiger partial charge on any atom is 0.416 e. The zero-order valence-electron chi connectivity index (χ0n) is 13.2. The van der Waals surface area contributed by atoms with Crippen LogP contribution in [0.2, 0.25) is 0 Å². The Balaban J connectivity index is 1.91. The van der Waals surface area contributed by atoms with E-state index >= 15 is 0 Å². The number of carbonyl (C=O) groups is 1. The van der Waals surface area contributed by atoms with E-state index in [2.05, 4.69) is 15.5 Å². The highest BCUT2D eigenvalue weighted by molar-refractivity contribution is 5.97. The number of amides is 1. The number of aryl methyl sites for hydroxylation is 1. The summed E-state index contributed by atoms with van der Waals surface area (Å²) < 4.78 is 38.7. The molecule has 1 aromatic heterocycles. The number of hydrogen-bond acceptors (Lipinski definition) is 2. The first kappa shape index (κ1) is 16.5. The number of H-pyrrole nitrogens is 1. The van der Waals surface area contributed by atoms with Crippen LogP contribution in [0.1, 0.15) is 36.9 Å². The summed E-state index contributed by atoms with van der Waals surface area (Å²) >= 11 is 0. The molecule has 1 amide bonds. The third kappa shape index (κ3) is 3.29. The van der Waals surface area contributed by atoms with Crippen molar-refractivity contribution < 1.29 is 18.0 Å². The van der Waals surface area contributed by atoms with Gasteiger partial charge in [0.05, 0.1) is 16.9 Å². The first-order chi connectivity index (χ1) is 11.4. The number of nitrogens with one attached hydrogen (secondary N) is 2. The molecule has 0 saturated heterocycles. The quantitative estimate of drug-likeness (QED) is 0.864. The third-order valence-electron chi connectivity index (χ3n) is 4.38. The fourth-order valence-corrected chi connectivity index (χ4v) is 3.05. The molecule has 0 unspecified atom stereocenters. The highest BCUT2D eigenvalue weighted by atomic mass is 19.4. The summed E-state index contributed by atoms with van der Waals surface area (Å²) in [7, 11) is 0. The van der Waals surface area contributed by atoms with Crippen LogP contribution in [0.25, 0.3) is 11.3 Å². The van der Waals surface area contributed by atoms with E-state index in [9.17, 15) is 18.0 Å². The van der Waals surface area contributed by atoms with Gasteiger partial charge in [0.2, 0.25) is 5.91 Å². The number of nitrogens with zero attached hydrogens (tertiary/aromatic N) is 1. The summed E-state index contributed by atoms with van der Waals surface area (Å²) in [4.78, 5) is 12.3. The van der Waals surface area contributed by atoms with Crippen molar-refractivity contribution in [3.63, 3.8) is 0 Å². The van der Waals surface area contributed by atoms with E-state index < -0.39 is 11.7 Å². The second-order valence-corrected chi connectivity index (χ2v) is 6.12. The van der Waals surface area contributed by atoms with Crippen LogP contribution in [0.15, 0.2) is 24.3 Å². The lowest BCUT2D eigenvalue weighted by Crippen LogP contribution is -2.20. The minimum Gasteiger partial charge on any atom is -0.322 e. The topological polar surface area (TPSA) is 57.8 Å². The Morgan fingerprint density at radius 3 is 2.67 bits per heavy atom. The van der Waals surface area contributed by atoms with Gasteiger partial charge in [0, 0.05) is 11.5 Å². The lowest BCUT2D eigenvalue weighted by atomic mass is 10.0. The lowest BCUT2D eigenvalue weighted by molar-refractivity contribution is -0.137. The zero-order valence-corrected chi connectivity index (χ0v) is 13.2. The predicted octanol–water partition coefficient (Wildman–Crippen LogP) is 4.53. The van der Waals surface area contributed by atoms with Crippen LogP contribution >= 0.6 is 0 Å². The average Bonchev–Trinajstić information content (AvgIpc) is 3.18. The molecule has 1 fully saturated rings. The number of anilines is 1. The molecule has 1 aromatic carbocycles. The molecule has 3 rings (SSSR count). The minimum absolute atomic E-state index is 0.0336. The van der Waals surface area contributed by atoms with Gasteiger partial charge < -0.3 is 5.32 Å². The van der Waals surface area contributed by atoms with Crippen LogP contribution in [0.3, 0.4) is 0 Å². The van der Waals surface area contributed by atoms with Crippen LogP contribution in [0.4, 0.5) is 18.9 Å². The highest BCUT2D eigenvalue weighted by Gasteiger charge is 2.31. The van der Waals surface area contributed by atoms with Crippen LogP contribution in [0.5, 0.6) is 0 Å². The van der Waals surface area contributed by atoms with Crippen molar-refractivity contribution in [1.82, 2.24) is 10.2 Å². The smallest absolute Gasteiger partial charge is 0.322 e. The number of carbonyl (C=O) groups excluding carboxylic acids is 1. The van der Waals surface area contributed by atoms with Crippen molar-refractivity contribution in [2.45, 2.75) is 38.8 Å². The summed E-state index contributed by atoms with van der Waals surface area (Å²) in [6.07, 6.45) is -0.663. The Labute approximate surface area is 137 Å². The fourth-order valence-electron chi connectivity index (χ4n) is 3.05. The van der Waals surface area contributed by atoms with Gasteiger partial charge in [-0.25, -0.2) is 0 Å². The summed E-state index contributed by atoms with van der Waals surface area (Å²) in [6, 6.07) is 4.95. The number of rotatable bonds is 3. The van der Waals surface area contributed by atoms with E-state index in [1.54, 1.807) is 13.0 Å². The first-order valence-corrected chi connectivity index (χ1v) is 7.89. The van der Waals surface area contributed by atoms with Gasteiger partial charge in [0.25, 0.3) is 0 Å². The highest BCUT2D eigenvalue weighted by Crippen LogP contribution is 2.35. The Kier molecular flexibility index (Phi) is 4.34. The molecule has 0 radical (unpaired) electrons. The van der Waals surface area contributed by atoms with E-state index in [-0.39, 0.29) is 11.8 Å². The Bertz CT molecular complexity index is 746. The van der Waals surface area contributed by atoms with Gasteiger partial charge in [0.1, 0.15) is 5.69 Å². The van der Waals surface area contributed by atoms with Gasteiger partial charge in [-0.1, -0.05) is 25.0 Å². The number of benzene rings is 1. The molecular weight excluding hydrogens is 319 g/mol. The number of aromatic amines is 1. The molecule has 24 heavy (non-hydrogen) atoms. The van der Waals surface area contributed by atoms with Crippen LogP contribution in [-0.2, 0) is 11.0 Å². The second kappa shape index (κ2) is 6.30. The molecular formula is C17H18F3N3O. The van der Waals surface area contributed by atoms with Gasteiger partial charge in [-0.05, 0) is 31.9 Å². The third-order valence-corrected chi connectivity index (χ3v) is 4.38. The fraction of sp³-hybridized carbons (Fsp3) is 0.412. The zero-order chi connectivity index (χ0) is 17.3. The average molecular weight is 337 g/mol. The van der Waals surface area contributed by atoms with Crippen molar-refractivity contribution in [3.05, 3.63) is 35.5 Å². The molecule has 0 aliphatic heterocycles. The normalized spacial score (nSPS) is 15.7. The predicted molar refractivity (Wildman–Crippen MR) is 84.4 cm³/mol. The van der Waals surface area contributed by atoms with E-state index in [1.165, 1.54) is 6.07 Å². The van der Waals surface area contributed by atoms with Crippen molar-refractivity contribution in [3.8, 4) is 11.3 Å². The summed E-state index contributed by atoms with van der Waals surface area (Å²) in [5.41, 5.74) is 0.967. The summed E-state index contributed by atoms with van der Waals surface area (Å²) in [6.45, 7) is 1.73. The Morgan fingerprint density at radius 1 is 1.29 bits per heavy atom. The van der Waals surface area contributed by atoms with Crippen LogP contribution in [0, 0.1) is 12.8 Å². The summed E-state index contributed by atoms with van der Waals surface area (Å²) in [5, 5.41) is 9.67. The maximum absolute atomic E-state index is 12.9. The first-order valence-electron chi connectivity index (χ1n) is 7.89. The van der Waals surface area contributed by atoms with E-state index in [0.717, 1.165) is 37.8 Å². The largest absolute Gasteiger partial charge is 0.416 e. The molecule has 1 aliphatic carbocycles. The monoisotopic (exact) mass is 337 g/mol. The molecule has 0 atom stereocenters. The minimum atomic E-state index is -4.42. The van der Waals surface area contributed by atoms with Gasteiger partial charge >= 0.3 is 6.18 Å². The molecule has 1 aliphatic rings. The number of halogens is 3. The summed E-state index contributed by atoms with van der Waals surface area (Å²) in [5.74, 6) is -0.126. The standard InChI is InChI=1S/C17H18F3N3O/c1-10-14(21-16(24)11-5-2-3-6-11)15(23-22-10)12-7-4-8-13(9-12)17(18,19)20/h4,7-9,11H,2-3,5-6H2,1H3,(H,21,24)(H,22,23). The molecule has 128 valence electrons. The molecule has 1 heterocycles. The maximum atomic E-state index is 12.9. The van der Waals surface area contributed by atoms with Gasteiger partial charge in [-0.2, -0.15) is 18.3 Å². The van der Waals surface area contributed by atoms with Crippen molar-refractivity contribution in [2.75, 3.05) is 5.32 Å². The molecule has 2 N–H and O–H groups in total. The molecule has 1 saturated carbocycles. The molecule has 0 spiro atoms. The number of alkyl halides is 3. The van der Waals surface area contributed by atoms with Crippen LogP contribution in [-0.4, -0.2) is 16.1 Å². The van der Waals surface area contributed by atoms with Gasteiger partial charge in [-0.15, -0.1) is 0 Å². The lowest BCUT2D eigenvalue weighted by Gasteiger charge is -2.12. The Hall–Kier alpha value is -2.31. The van der Waals surface area contributed by atoms with Crippen molar-refractivity contribution in [1.29, 1.82) is 0 Å². The van der Waals surface area contributed by atoms with Gasteiger partial charge in [0.15, 0.2) is 0 Å². The Morgan fingerprint density at radius 2 is 2.00 bits per heavy atom. The molecule has 2 aromatic rings. The van der Waals surface area contributed by atoms with Gasteiger partial charge in [-0.3, -0.25) is 9.89 Å². The van der Waals surface area contributed by atoms with Crippen LogP contribution < -0.4 is 5.32 Å². The number of hydrogen-bond donors (Lipinski definition) is 2. The SMILES string of the molecule is Cc1[nH]nc(-c2cccc(C(F)(F)F)c2)c1NC(=O)C1CCCC1. The second-order valence-electron chi connectivity index (χ2n) is 6.12. The molecule has 4 nitrogen and oxygen atoms in total.